The van der Waals surface area contributed by atoms with Crippen molar-refractivity contribution in [3.05, 3.63) is 63.9 Å². The number of nitrogens with two attached hydrogens (primary N) is 1. The Balaban J connectivity index is 0.000000224. The summed E-state index contributed by atoms with van der Waals surface area (Å²) < 4.78 is 40.3. The predicted octanol–water partition coefficient (Wildman–Crippen LogP) is 3.94. The molecule has 3 N–H and O–H groups in total. The fourth-order valence-electron chi connectivity index (χ4n) is 2.93. The van der Waals surface area contributed by atoms with Crippen molar-refractivity contribution in [3.8, 4) is 0 Å². The number of aromatic nitrogens is 2. The number of nitrogens with one attached hydrogen (secondary N) is 1. The predicted molar refractivity (Wildman–Crippen MR) is 104 cm³/mol. The molecule has 0 saturated carbocycles. The standard InChI is InChI=1S/C14H7BrF2N2O.C5H9FN2O/c15-7-4-8-9(6-19-14(8)18-5-7)13(20)12-10(16)2-1-3-11(12)17;6-4-1-2-8(3-4)5(7)9/h1-6H,(H,18,19);4H,1-3H2,(H2,7,9). The molecule has 1 unspecified atom stereocenters. The number of primary amides is 1. The summed E-state index contributed by atoms with van der Waals surface area (Å²) in [6, 6.07) is 4.48. The summed E-state index contributed by atoms with van der Waals surface area (Å²) in [7, 11) is 0. The smallest absolute Gasteiger partial charge is 0.314 e. The number of alkyl halides is 1. The van der Waals surface area contributed by atoms with Crippen LogP contribution >= 0.6 is 15.9 Å². The fraction of sp³-hybridized carbons (Fsp3) is 0.211. The molecule has 2 amide bonds. The Morgan fingerprint density at radius 1 is 1.28 bits per heavy atom. The summed E-state index contributed by atoms with van der Waals surface area (Å²) in [5, 5.41) is 0.507. The number of aromatic amines is 1. The van der Waals surface area contributed by atoms with Crippen LogP contribution < -0.4 is 5.73 Å². The number of nitrogens with zero attached hydrogens (tertiary/aromatic N) is 2. The molecule has 1 saturated heterocycles. The lowest BCUT2D eigenvalue weighted by atomic mass is 10.0. The Hall–Kier alpha value is -2.88. The number of benzene rings is 1. The second kappa shape index (κ2) is 8.64. The zero-order chi connectivity index (χ0) is 21.1. The normalized spacial score (nSPS) is 15.9. The van der Waals surface area contributed by atoms with E-state index in [1.54, 1.807) is 12.3 Å². The second-order valence-corrected chi connectivity index (χ2v) is 7.26. The number of H-pyrrole nitrogens is 1. The monoisotopic (exact) mass is 468 g/mol. The van der Waals surface area contributed by atoms with Gasteiger partial charge in [-0.1, -0.05) is 6.07 Å². The van der Waals surface area contributed by atoms with Gasteiger partial charge >= 0.3 is 6.03 Å². The highest BCUT2D eigenvalue weighted by Crippen LogP contribution is 2.25. The van der Waals surface area contributed by atoms with Gasteiger partial charge in [0.2, 0.25) is 5.78 Å². The molecule has 1 aliphatic heterocycles. The maximum absolute atomic E-state index is 13.7. The number of ketones is 1. The van der Waals surface area contributed by atoms with Gasteiger partial charge in [-0.25, -0.2) is 22.9 Å². The molecule has 0 spiro atoms. The van der Waals surface area contributed by atoms with E-state index in [0.29, 0.717) is 28.5 Å². The van der Waals surface area contributed by atoms with Crippen molar-refractivity contribution in [2.75, 3.05) is 13.1 Å². The zero-order valence-electron chi connectivity index (χ0n) is 15.0. The van der Waals surface area contributed by atoms with Gasteiger partial charge in [-0.2, -0.15) is 0 Å². The molecule has 6 nitrogen and oxygen atoms in total. The minimum absolute atomic E-state index is 0.176. The number of pyridine rings is 1. The lowest BCUT2D eigenvalue weighted by Gasteiger charge is -2.09. The van der Waals surface area contributed by atoms with Crippen LogP contribution in [0.15, 0.2) is 41.1 Å². The maximum atomic E-state index is 13.7. The Labute approximate surface area is 172 Å². The minimum atomic E-state index is -0.882. The van der Waals surface area contributed by atoms with Crippen LogP contribution in [0.25, 0.3) is 11.0 Å². The number of rotatable bonds is 2. The largest absolute Gasteiger partial charge is 0.351 e. The highest BCUT2D eigenvalue weighted by atomic mass is 79.9. The van der Waals surface area contributed by atoms with Gasteiger partial charge in [0.1, 0.15) is 23.5 Å². The van der Waals surface area contributed by atoms with Gasteiger partial charge in [-0.15, -0.1) is 0 Å². The molecule has 0 radical (unpaired) electrons. The van der Waals surface area contributed by atoms with Crippen molar-refractivity contribution in [3.63, 3.8) is 0 Å². The molecule has 1 aliphatic rings. The number of amides is 2. The lowest BCUT2D eigenvalue weighted by molar-refractivity contribution is 0.103. The summed E-state index contributed by atoms with van der Waals surface area (Å²) in [4.78, 5) is 30.9. The molecular weight excluding hydrogens is 453 g/mol. The quantitative estimate of drug-likeness (QED) is 0.557. The van der Waals surface area contributed by atoms with Crippen molar-refractivity contribution in [2.45, 2.75) is 12.6 Å². The summed E-state index contributed by atoms with van der Waals surface area (Å²) in [6.07, 6.45) is 2.54. The molecule has 3 aromatic rings. The van der Waals surface area contributed by atoms with Gasteiger partial charge in [0.15, 0.2) is 0 Å². The van der Waals surface area contributed by atoms with Gasteiger partial charge in [-0.05, 0) is 40.5 Å². The first kappa shape index (κ1) is 20.8. The molecule has 0 bridgehead atoms. The average Bonchev–Trinajstić information content (AvgIpc) is 3.28. The molecular formula is C19H16BrF3N4O2. The van der Waals surface area contributed by atoms with Crippen molar-refractivity contribution in [2.24, 2.45) is 5.73 Å². The first-order chi connectivity index (χ1) is 13.8. The van der Waals surface area contributed by atoms with E-state index in [0.717, 1.165) is 12.1 Å². The van der Waals surface area contributed by atoms with Crippen LogP contribution in [0, 0.1) is 11.6 Å². The van der Waals surface area contributed by atoms with E-state index in [1.807, 2.05) is 0 Å². The number of halogens is 4. The number of fused-ring (bicyclic) bond motifs is 1. The van der Waals surface area contributed by atoms with Crippen LogP contribution in [0.3, 0.4) is 0 Å². The summed E-state index contributed by atoms with van der Waals surface area (Å²) in [5.74, 6) is -2.48. The van der Waals surface area contributed by atoms with E-state index >= 15 is 0 Å². The molecule has 4 rings (SSSR count). The van der Waals surface area contributed by atoms with Crippen molar-refractivity contribution in [1.82, 2.24) is 14.9 Å². The highest BCUT2D eigenvalue weighted by Gasteiger charge is 2.24. The molecule has 1 atom stereocenters. The Morgan fingerprint density at radius 2 is 1.97 bits per heavy atom. The zero-order valence-corrected chi connectivity index (χ0v) is 16.5. The minimum Gasteiger partial charge on any atom is -0.351 e. The van der Waals surface area contributed by atoms with Crippen LogP contribution in [0.5, 0.6) is 0 Å². The third-order valence-corrected chi connectivity index (χ3v) is 4.81. The Kier molecular flexibility index (Phi) is 6.21. The van der Waals surface area contributed by atoms with Gasteiger partial charge in [0.25, 0.3) is 0 Å². The number of carbonyl (C=O) groups excluding carboxylic acids is 2. The van der Waals surface area contributed by atoms with Gasteiger partial charge in [0, 0.05) is 34.4 Å². The second-order valence-electron chi connectivity index (χ2n) is 6.35. The molecule has 0 aliphatic carbocycles. The van der Waals surface area contributed by atoms with E-state index in [2.05, 4.69) is 25.9 Å². The molecule has 10 heteroatoms. The third kappa shape index (κ3) is 4.58. The summed E-state index contributed by atoms with van der Waals surface area (Å²) in [6.45, 7) is 0.645. The van der Waals surface area contributed by atoms with Crippen LogP contribution in [0.1, 0.15) is 22.3 Å². The summed E-state index contributed by atoms with van der Waals surface area (Å²) in [5.41, 5.74) is 4.98. The van der Waals surface area contributed by atoms with Crippen molar-refractivity contribution >= 4 is 38.8 Å². The molecule has 152 valence electrons. The molecule has 2 aromatic heterocycles. The first-order valence-electron chi connectivity index (χ1n) is 8.57. The lowest BCUT2D eigenvalue weighted by Crippen LogP contribution is -2.33. The van der Waals surface area contributed by atoms with E-state index in [1.165, 1.54) is 17.2 Å². The Bertz CT molecular complexity index is 1050. The van der Waals surface area contributed by atoms with Crippen LogP contribution in [-0.4, -0.2) is 45.9 Å². The topological polar surface area (TPSA) is 92.1 Å². The number of hydrogen-bond acceptors (Lipinski definition) is 3. The molecule has 1 fully saturated rings. The van der Waals surface area contributed by atoms with E-state index in [9.17, 15) is 22.8 Å². The van der Waals surface area contributed by atoms with E-state index in [-0.39, 0.29) is 12.1 Å². The van der Waals surface area contributed by atoms with Gasteiger partial charge < -0.3 is 15.6 Å². The van der Waals surface area contributed by atoms with Crippen molar-refractivity contribution < 1.29 is 22.8 Å². The number of carbonyl (C=O) groups is 2. The van der Waals surface area contributed by atoms with Crippen LogP contribution in [0.2, 0.25) is 0 Å². The number of hydrogen-bond donors (Lipinski definition) is 2. The van der Waals surface area contributed by atoms with Gasteiger partial charge in [0.05, 0.1) is 12.1 Å². The first-order valence-corrected chi connectivity index (χ1v) is 9.37. The maximum Gasteiger partial charge on any atom is 0.314 e. The van der Waals surface area contributed by atoms with Crippen LogP contribution in [0.4, 0.5) is 18.0 Å². The Morgan fingerprint density at radius 3 is 2.52 bits per heavy atom. The van der Waals surface area contributed by atoms with E-state index in [4.69, 9.17) is 5.73 Å². The molecule has 3 heterocycles. The number of likely N-dealkylation sites (tertiary alicyclic amines) is 1. The fourth-order valence-corrected chi connectivity index (χ4v) is 3.26. The average molecular weight is 469 g/mol. The van der Waals surface area contributed by atoms with E-state index < -0.39 is 35.2 Å². The molecule has 29 heavy (non-hydrogen) atoms. The summed E-state index contributed by atoms with van der Waals surface area (Å²) >= 11 is 3.25. The van der Waals surface area contributed by atoms with Gasteiger partial charge in [-0.3, -0.25) is 4.79 Å². The van der Waals surface area contributed by atoms with Crippen LogP contribution in [-0.2, 0) is 0 Å². The molecule has 1 aromatic carbocycles. The SMILES string of the molecule is NC(=O)N1CCC(F)C1.O=C(c1c(F)cccc1F)c1c[nH]c2ncc(Br)cc12. The third-order valence-electron chi connectivity index (χ3n) is 4.37. The number of urea groups is 1. The highest BCUT2D eigenvalue weighted by molar-refractivity contribution is 9.10. The van der Waals surface area contributed by atoms with Crippen molar-refractivity contribution in [1.29, 1.82) is 0 Å².